The number of benzene rings is 1. The summed E-state index contributed by atoms with van der Waals surface area (Å²) in [6, 6.07) is 4.08. The zero-order valence-corrected chi connectivity index (χ0v) is 9.08. The van der Waals surface area contributed by atoms with Gasteiger partial charge < -0.3 is 15.0 Å². The number of hydrogen-bond acceptors (Lipinski definition) is 4. The van der Waals surface area contributed by atoms with Gasteiger partial charge in [0.2, 0.25) is 0 Å². The van der Waals surface area contributed by atoms with Crippen molar-refractivity contribution in [2.45, 2.75) is 0 Å². The van der Waals surface area contributed by atoms with Crippen LogP contribution in [0, 0.1) is 5.82 Å². The summed E-state index contributed by atoms with van der Waals surface area (Å²) in [6.07, 6.45) is 0. The van der Waals surface area contributed by atoms with Crippen LogP contribution in [0.2, 0.25) is 5.02 Å². The summed E-state index contributed by atoms with van der Waals surface area (Å²) in [5, 5.41) is 3.51. The van der Waals surface area contributed by atoms with E-state index in [2.05, 4.69) is 5.16 Å². The summed E-state index contributed by atoms with van der Waals surface area (Å²) in [6.45, 7) is 0. The van der Waals surface area contributed by atoms with Crippen LogP contribution in [0.25, 0.3) is 11.3 Å². The second-order valence-corrected chi connectivity index (χ2v) is 3.49. The summed E-state index contributed by atoms with van der Waals surface area (Å²) in [7, 11) is 1.42. The van der Waals surface area contributed by atoms with Crippen LogP contribution >= 0.6 is 11.6 Å². The third-order valence-electron chi connectivity index (χ3n) is 2.04. The first-order valence-electron chi connectivity index (χ1n) is 4.37. The fraction of sp³-hybridized carbons (Fsp3) is 0.100. The van der Waals surface area contributed by atoms with Gasteiger partial charge >= 0.3 is 0 Å². The van der Waals surface area contributed by atoms with Crippen LogP contribution in [0.5, 0.6) is 5.75 Å². The van der Waals surface area contributed by atoms with Gasteiger partial charge in [0.1, 0.15) is 11.6 Å². The molecular weight excluding hydrogens is 235 g/mol. The van der Waals surface area contributed by atoms with Crippen molar-refractivity contribution < 1.29 is 13.7 Å². The van der Waals surface area contributed by atoms with Gasteiger partial charge in [-0.3, -0.25) is 0 Å². The first-order valence-corrected chi connectivity index (χ1v) is 4.75. The van der Waals surface area contributed by atoms with Gasteiger partial charge in [0.15, 0.2) is 11.6 Å². The molecular formula is C10H8ClFN2O2. The monoisotopic (exact) mass is 242 g/mol. The summed E-state index contributed by atoms with van der Waals surface area (Å²) < 4.78 is 23.2. The largest absolute Gasteiger partial charge is 0.496 e. The molecule has 1 heterocycles. The number of aromatic nitrogens is 1. The standard InChI is InChI=1S/C10H8ClFN2O2/c1-15-8-3-7(12)6(11)2-5(8)9-4-10(13)14-16-9/h2-4H,1H3,(H2,13,14). The van der Waals surface area contributed by atoms with Crippen LogP contribution in [0.4, 0.5) is 10.2 Å². The molecule has 0 amide bonds. The van der Waals surface area contributed by atoms with Gasteiger partial charge in [-0.15, -0.1) is 0 Å². The number of nitrogens with zero attached hydrogens (tertiary/aromatic N) is 1. The Morgan fingerprint density at radius 3 is 2.75 bits per heavy atom. The number of ether oxygens (including phenoxy) is 1. The van der Waals surface area contributed by atoms with Crippen LogP contribution in [0.3, 0.4) is 0 Å². The van der Waals surface area contributed by atoms with E-state index in [0.717, 1.165) is 0 Å². The summed E-state index contributed by atoms with van der Waals surface area (Å²) in [5.41, 5.74) is 5.92. The third kappa shape index (κ3) is 1.81. The van der Waals surface area contributed by atoms with Gasteiger partial charge in [0.05, 0.1) is 17.7 Å². The molecule has 0 unspecified atom stereocenters. The van der Waals surface area contributed by atoms with Crippen molar-refractivity contribution in [1.29, 1.82) is 0 Å². The van der Waals surface area contributed by atoms with Crippen molar-refractivity contribution in [3.8, 4) is 17.1 Å². The molecule has 0 aliphatic heterocycles. The maximum Gasteiger partial charge on any atom is 0.172 e. The Balaban J connectivity index is 2.59. The maximum absolute atomic E-state index is 13.2. The molecule has 4 nitrogen and oxygen atoms in total. The van der Waals surface area contributed by atoms with E-state index < -0.39 is 5.82 Å². The van der Waals surface area contributed by atoms with Crippen LogP contribution in [0.15, 0.2) is 22.7 Å². The molecule has 1 aromatic carbocycles. The highest BCUT2D eigenvalue weighted by atomic mass is 35.5. The Bertz CT molecular complexity index is 528. The van der Waals surface area contributed by atoms with Gasteiger partial charge in [-0.2, -0.15) is 0 Å². The van der Waals surface area contributed by atoms with Crippen molar-refractivity contribution in [3.05, 3.63) is 29.0 Å². The van der Waals surface area contributed by atoms with Gasteiger partial charge in [-0.05, 0) is 6.07 Å². The number of nitrogen functional groups attached to an aromatic ring is 1. The average molecular weight is 243 g/mol. The SMILES string of the molecule is COc1cc(F)c(Cl)cc1-c1cc(N)no1. The molecule has 1 aromatic heterocycles. The van der Waals surface area contributed by atoms with E-state index >= 15 is 0 Å². The van der Waals surface area contributed by atoms with Crippen molar-refractivity contribution in [1.82, 2.24) is 5.16 Å². The minimum absolute atomic E-state index is 0.0224. The molecule has 16 heavy (non-hydrogen) atoms. The average Bonchev–Trinajstić information content (AvgIpc) is 2.68. The minimum Gasteiger partial charge on any atom is -0.496 e. The highest BCUT2D eigenvalue weighted by Gasteiger charge is 2.14. The number of rotatable bonds is 2. The molecule has 84 valence electrons. The normalized spacial score (nSPS) is 10.4. The molecule has 2 N–H and O–H groups in total. The summed E-state index contributed by atoms with van der Waals surface area (Å²) in [5.74, 6) is 0.349. The molecule has 6 heteroatoms. The van der Waals surface area contributed by atoms with Crippen LogP contribution < -0.4 is 10.5 Å². The fourth-order valence-corrected chi connectivity index (χ4v) is 1.47. The molecule has 0 saturated carbocycles. The number of anilines is 1. The first kappa shape index (κ1) is 10.8. The van der Waals surface area contributed by atoms with Crippen molar-refractivity contribution in [3.63, 3.8) is 0 Å². The molecule has 0 saturated heterocycles. The van der Waals surface area contributed by atoms with E-state index in [-0.39, 0.29) is 10.8 Å². The zero-order valence-electron chi connectivity index (χ0n) is 8.33. The lowest BCUT2D eigenvalue weighted by molar-refractivity contribution is 0.404. The Morgan fingerprint density at radius 2 is 2.19 bits per heavy atom. The fourth-order valence-electron chi connectivity index (χ4n) is 1.31. The Kier molecular flexibility index (Phi) is 2.70. The van der Waals surface area contributed by atoms with Crippen LogP contribution in [-0.2, 0) is 0 Å². The van der Waals surface area contributed by atoms with Crippen LogP contribution in [0.1, 0.15) is 0 Å². The molecule has 0 aliphatic rings. The Morgan fingerprint density at radius 1 is 1.44 bits per heavy atom. The summed E-state index contributed by atoms with van der Waals surface area (Å²) >= 11 is 5.68. The number of halogens is 2. The second kappa shape index (κ2) is 4.02. The number of nitrogens with two attached hydrogens (primary N) is 1. The van der Waals surface area contributed by atoms with E-state index in [1.165, 1.54) is 25.3 Å². The van der Waals surface area contributed by atoms with E-state index in [1.54, 1.807) is 0 Å². The third-order valence-corrected chi connectivity index (χ3v) is 2.33. The Hall–Kier alpha value is -1.75. The van der Waals surface area contributed by atoms with Gasteiger partial charge in [0, 0.05) is 12.1 Å². The molecule has 0 radical (unpaired) electrons. The highest BCUT2D eigenvalue weighted by molar-refractivity contribution is 6.31. The highest BCUT2D eigenvalue weighted by Crippen LogP contribution is 2.34. The maximum atomic E-state index is 13.2. The predicted molar refractivity (Wildman–Crippen MR) is 57.9 cm³/mol. The molecule has 2 rings (SSSR count). The first-order chi connectivity index (χ1) is 7.61. The van der Waals surface area contributed by atoms with E-state index in [1.807, 2.05) is 0 Å². The molecule has 0 bridgehead atoms. The van der Waals surface area contributed by atoms with Crippen molar-refractivity contribution in [2.75, 3.05) is 12.8 Å². The number of methoxy groups -OCH3 is 1. The smallest absolute Gasteiger partial charge is 0.172 e. The van der Waals surface area contributed by atoms with Crippen molar-refractivity contribution in [2.24, 2.45) is 0 Å². The zero-order chi connectivity index (χ0) is 11.7. The topological polar surface area (TPSA) is 61.3 Å². The predicted octanol–water partition coefficient (Wildman–Crippen LogP) is 2.72. The van der Waals surface area contributed by atoms with Crippen molar-refractivity contribution >= 4 is 17.4 Å². The van der Waals surface area contributed by atoms with E-state index in [9.17, 15) is 4.39 Å². The van der Waals surface area contributed by atoms with Gasteiger partial charge in [-0.25, -0.2) is 4.39 Å². The molecule has 0 atom stereocenters. The quantitative estimate of drug-likeness (QED) is 0.880. The van der Waals surface area contributed by atoms with Crippen LogP contribution in [-0.4, -0.2) is 12.3 Å². The molecule has 2 aromatic rings. The molecule has 0 aliphatic carbocycles. The van der Waals surface area contributed by atoms with Gasteiger partial charge in [-0.1, -0.05) is 16.8 Å². The van der Waals surface area contributed by atoms with Gasteiger partial charge in [0.25, 0.3) is 0 Å². The lowest BCUT2D eigenvalue weighted by Crippen LogP contribution is -1.89. The number of hydrogen-bond donors (Lipinski definition) is 1. The Labute approximate surface area is 95.7 Å². The molecule has 0 fully saturated rings. The van der Waals surface area contributed by atoms with E-state index in [0.29, 0.717) is 17.1 Å². The lowest BCUT2D eigenvalue weighted by atomic mass is 10.1. The van der Waals surface area contributed by atoms with E-state index in [4.69, 9.17) is 26.6 Å². The minimum atomic E-state index is -0.560. The lowest BCUT2D eigenvalue weighted by Gasteiger charge is -2.06. The molecule has 0 spiro atoms. The second-order valence-electron chi connectivity index (χ2n) is 3.08. The summed E-state index contributed by atoms with van der Waals surface area (Å²) in [4.78, 5) is 0.